The molecule has 2 aromatic carbocycles. The molecule has 0 fully saturated rings. The number of hydrogen-bond acceptors (Lipinski definition) is 3. The SMILES string of the molecule is Cc1ccc(S(=O)(=O)N2c3ccccc3N(C(=O)C(F)(F)F)[C@H]2C(C)C)cc1. The van der Waals surface area contributed by atoms with Crippen molar-refractivity contribution in [1.29, 1.82) is 0 Å². The molecule has 1 amide bonds. The van der Waals surface area contributed by atoms with Crippen molar-refractivity contribution < 1.29 is 26.4 Å². The van der Waals surface area contributed by atoms with Crippen molar-refractivity contribution in [1.82, 2.24) is 0 Å². The average molecular weight is 412 g/mol. The molecule has 0 saturated carbocycles. The van der Waals surface area contributed by atoms with E-state index in [1.54, 1.807) is 32.9 Å². The van der Waals surface area contributed by atoms with E-state index in [0.29, 0.717) is 4.90 Å². The second kappa shape index (κ2) is 6.80. The van der Waals surface area contributed by atoms with E-state index in [4.69, 9.17) is 0 Å². The molecular weight excluding hydrogens is 393 g/mol. The predicted molar refractivity (Wildman–Crippen MR) is 99.5 cm³/mol. The minimum atomic E-state index is -5.14. The van der Waals surface area contributed by atoms with Crippen molar-refractivity contribution in [2.75, 3.05) is 9.21 Å². The second-order valence-electron chi connectivity index (χ2n) is 6.93. The highest BCUT2D eigenvalue weighted by Crippen LogP contribution is 2.46. The lowest BCUT2D eigenvalue weighted by molar-refractivity contribution is -0.171. The smallest absolute Gasteiger partial charge is 0.280 e. The molecule has 0 spiro atoms. The Balaban J connectivity index is 2.23. The Morgan fingerprint density at radius 2 is 1.54 bits per heavy atom. The van der Waals surface area contributed by atoms with Gasteiger partial charge in [0.25, 0.3) is 10.0 Å². The topological polar surface area (TPSA) is 57.7 Å². The van der Waals surface area contributed by atoms with E-state index in [-0.39, 0.29) is 16.3 Å². The van der Waals surface area contributed by atoms with Gasteiger partial charge in [0.15, 0.2) is 0 Å². The van der Waals surface area contributed by atoms with E-state index in [1.165, 1.54) is 36.4 Å². The Kier molecular flexibility index (Phi) is 4.91. The molecule has 150 valence electrons. The van der Waals surface area contributed by atoms with Crippen LogP contribution in [0.2, 0.25) is 0 Å². The summed E-state index contributed by atoms with van der Waals surface area (Å²) in [7, 11) is -4.20. The summed E-state index contributed by atoms with van der Waals surface area (Å²) in [6, 6.07) is 11.7. The maximum Gasteiger partial charge on any atom is 0.471 e. The van der Waals surface area contributed by atoms with Crippen LogP contribution in [0.5, 0.6) is 0 Å². The van der Waals surface area contributed by atoms with Gasteiger partial charge in [0.2, 0.25) is 0 Å². The Hall–Kier alpha value is -2.55. The molecule has 0 radical (unpaired) electrons. The molecule has 0 saturated heterocycles. The first-order valence-electron chi connectivity index (χ1n) is 8.57. The largest absolute Gasteiger partial charge is 0.471 e. The number of nitrogens with zero attached hydrogens (tertiary/aromatic N) is 2. The van der Waals surface area contributed by atoms with Crippen LogP contribution in [0.25, 0.3) is 0 Å². The van der Waals surface area contributed by atoms with E-state index in [0.717, 1.165) is 9.87 Å². The van der Waals surface area contributed by atoms with Crippen LogP contribution in [0.15, 0.2) is 53.4 Å². The van der Waals surface area contributed by atoms with Crippen molar-refractivity contribution in [3.63, 3.8) is 0 Å². The number of carbonyl (C=O) groups excluding carboxylic acids is 1. The molecule has 28 heavy (non-hydrogen) atoms. The third-order valence-corrected chi connectivity index (χ3v) is 6.32. The molecule has 3 rings (SSSR count). The fraction of sp³-hybridized carbons (Fsp3) is 0.316. The number of benzene rings is 2. The van der Waals surface area contributed by atoms with Crippen LogP contribution in [0.4, 0.5) is 24.5 Å². The van der Waals surface area contributed by atoms with Crippen LogP contribution < -0.4 is 9.21 Å². The van der Waals surface area contributed by atoms with Gasteiger partial charge in [0.05, 0.1) is 16.3 Å². The van der Waals surface area contributed by atoms with Crippen molar-refractivity contribution in [3.05, 3.63) is 54.1 Å². The number of amides is 1. The normalized spacial score (nSPS) is 17.2. The molecular formula is C19H19F3N2O3S. The molecule has 1 aliphatic rings. The predicted octanol–water partition coefficient (Wildman–Crippen LogP) is 4.08. The Morgan fingerprint density at radius 1 is 1.00 bits per heavy atom. The van der Waals surface area contributed by atoms with Gasteiger partial charge >= 0.3 is 12.1 Å². The Bertz CT molecular complexity index is 1000. The van der Waals surface area contributed by atoms with Crippen LogP contribution in [0.1, 0.15) is 19.4 Å². The van der Waals surface area contributed by atoms with Crippen molar-refractivity contribution in [2.24, 2.45) is 5.92 Å². The van der Waals surface area contributed by atoms with Crippen LogP contribution >= 0.6 is 0 Å². The van der Waals surface area contributed by atoms with Crippen LogP contribution in [-0.4, -0.2) is 26.7 Å². The molecule has 9 heteroatoms. The number of alkyl halides is 3. The van der Waals surface area contributed by atoms with Crippen molar-refractivity contribution in [2.45, 2.75) is 38.0 Å². The highest BCUT2D eigenvalue weighted by atomic mass is 32.2. The first-order valence-corrected chi connectivity index (χ1v) is 10.0. The summed E-state index contributed by atoms with van der Waals surface area (Å²) in [5, 5.41) is 0. The summed E-state index contributed by atoms with van der Waals surface area (Å²) < 4.78 is 67.4. The van der Waals surface area contributed by atoms with Gasteiger partial charge < -0.3 is 0 Å². The lowest BCUT2D eigenvalue weighted by atomic mass is 10.1. The highest BCUT2D eigenvalue weighted by molar-refractivity contribution is 7.93. The molecule has 0 aromatic heterocycles. The van der Waals surface area contributed by atoms with Gasteiger partial charge in [-0.25, -0.2) is 12.7 Å². The molecule has 0 bridgehead atoms. The van der Waals surface area contributed by atoms with Gasteiger partial charge in [-0.2, -0.15) is 13.2 Å². The van der Waals surface area contributed by atoms with Crippen LogP contribution in [0.3, 0.4) is 0 Å². The van der Waals surface area contributed by atoms with E-state index < -0.39 is 34.2 Å². The third kappa shape index (κ3) is 3.23. The number of fused-ring (bicyclic) bond motifs is 1. The molecule has 0 unspecified atom stereocenters. The molecule has 1 atom stereocenters. The minimum Gasteiger partial charge on any atom is -0.280 e. The van der Waals surface area contributed by atoms with Gasteiger partial charge in [-0.15, -0.1) is 0 Å². The summed E-state index contributed by atoms with van der Waals surface area (Å²) in [6.45, 7) is 4.94. The lowest BCUT2D eigenvalue weighted by Gasteiger charge is -2.34. The van der Waals surface area contributed by atoms with E-state index in [9.17, 15) is 26.4 Å². The summed E-state index contributed by atoms with van der Waals surface area (Å²) in [5.41, 5.74) is 0.800. The number of rotatable bonds is 3. The quantitative estimate of drug-likeness (QED) is 0.763. The Morgan fingerprint density at radius 3 is 2.04 bits per heavy atom. The molecule has 0 N–H and O–H groups in total. The molecule has 0 aliphatic carbocycles. The maximum atomic E-state index is 13.3. The van der Waals surface area contributed by atoms with Crippen molar-refractivity contribution in [3.8, 4) is 0 Å². The monoisotopic (exact) mass is 412 g/mol. The van der Waals surface area contributed by atoms with Gasteiger partial charge in [0, 0.05) is 0 Å². The number of aryl methyl sites for hydroxylation is 1. The summed E-state index contributed by atoms with van der Waals surface area (Å²) >= 11 is 0. The number of halogens is 3. The zero-order valence-electron chi connectivity index (χ0n) is 15.4. The summed E-state index contributed by atoms with van der Waals surface area (Å²) in [4.78, 5) is 12.7. The number of carbonyl (C=O) groups is 1. The fourth-order valence-corrected chi connectivity index (χ4v) is 5.02. The van der Waals surface area contributed by atoms with E-state index in [1.807, 2.05) is 0 Å². The van der Waals surface area contributed by atoms with E-state index in [2.05, 4.69) is 0 Å². The first-order chi connectivity index (χ1) is 13.0. The Labute approximate surface area is 161 Å². The highest BCUT2D eigenvalue weighted by Gasteiger charge is 2.53. The number of hydrogen-bond donors (Lipinski definition) is 0. The first kappa shape index (κ1) is 20.2. The van der Waals surface area contributed by atoms with Crippen molar-refractivity contribution >= 4 is 27.3 Å². The standard InChI is InChI=1S/C19H19F3N2O3S/c1-12(2)17-23(18(25)19(20,21)22)15-6-4-5-7-16(15)24(17)28(26,27)14-10-8-13(3)9-11-14/h4-12,17H,1-3H3/t17-/m1/s1. The summed E-state index contributed by atoms with van der Waals surface area (Å²) in [5.74, 6) is -2.70. The van der Waals surface area contributed by atoms with Gasteiger partial charge in [-0.1, -0.05) is 43.7 Å². The zero-order valence-corrected chi connectivity index (χ0v) is 16.3. The average Bonchev–Trinajstić information content (AvgIpc) is 2.96. The van der Waals surface area contributed by atoms with Gasteiger partial charge in [0.1, 0.15) is 6.17 Å². The number of anilines is 2. The molecule has 1 aliphatic heterocycles. The van der Waals surface area contributed by atoms with Crippen LogP contribution in [-0.2, 0) is 14.8 Å². The molecule has 2 aromatic rings. The maximum absolute atomic E-state index is 13.3. The molecule has 1 heterocycles. The lowest BCUT2D eigenvalue weighted by Crippen LogP contribution is -2.54. The number of para-hydroxylation sites is 2. The van der Waals surface area contributed by atoms with Gasteiger partial charge in [-0.05, 0) is 37.1 Å². The fourth-order valence-electron chi connectivity index (χ4n) is 3.27. The molecule has 5 nitrogen and oxygen atoms in total. The van der Waals surface area contributed by atoms with E-state index >= 15 is 0 Å². The second-order valence-corrected chi connectivity index (χ2v) is 8.75. The number of sulfonamides is 1. The minimum absolute atomic E-state index is 0.0411. The van der Waals surface area contributed by atoms with Crippen LogP contribution in [0, 0.1) is 12.8 Å². The zero-order chi connectivity index (χ0) is 20.9. The third-order valence-electron chi connectivity index (χ3n) is 4.52. The van der Waals surface area contributed by atoms with Gasteiger partial charge in [-0.3, -0.25) is 9.69 Å². The summed E-state index contributed by atoms with van der Waals surface area (Å²) in [6.07, 6.45) is -6.47.